The monoisotopic (exact) mass is 223 g/mol. The number of hydrogen-bond acceptors (Lipinski definition) is 4. The molecule has 1 heterocycles. The summed E-state index contributed by atoms with van der Waals surface area (Å²) in [7, 11) is 1.31. The summed E-state index contributed by atoms with van der Waals surface area (Å²) in [6, 6.07) is 6.76. The summed E-state index contributed by atoms with van der Waals surface area (Å²) in [4.78, 5) is 13.1. The van der Waals surface area contributed by atoms with E-state index in [2.05, 4.69) is 0 Å². The fourth-order valence-corrected chi connectivity index (χ4v) is 1.72. The Morgan fingerprint density at radius 1 is 1.62 bits per heavy atom. The van der Waals surface area contributed by atoms with Crippen molar-refractivity contribution in [1.82, 2.24) is 0 Å². The highest BCUT2D eigenvalue weighted by molar-refractivity contribution is 5.90. The van der Waals surface area contributed by atoms with Gasteiger partial charge in [0, 0.05) is 0 Å². The van der Waals surface area contributed by atoms with E-state index in [0.717, 1.165) is 0 Å². The van der Waals surface area contributed by atoms with Crippen molar-refractivity contribution in [2.75, 3.05) is 25.2 Å². The molecule has 0 aromatic heterocycles. The first-order valence-electron chi connectivity index (χ1n) is 4.97. The van der Waals surface area contributed by atoms with Crippen LogP contribution in [-0.2, 0) is 4.74 Å². The number of nitrogens with zero attached hydrogens (tertiary/aromatic N) is 1. The lowest BCUT2D eigenvalue weighted by Crippen LogP contribution is -2.48. The first kappa shape index (κ1) is 10.8. The Bertz CT molecular complexity index is 393. The minimum atomic E-state index is -0.491. The Morgan fingerprint density at radius 2 is 2.38 bits per heavy atom. The van der Waals surface area contributed by atoms with E-state index in [-0.39, 0.29) is 13.2 Å². The summed E-state index contributed by atoms with van der Waals surface area (Å²) in [5.41, 5.74) is 0.625. The van der Waals surface area contributed by atoms with Crippen LogP contribution in [0.4, 0.5) is 10.5 Å². The molecule has 1 aromatic rings. The van der Waals surface area contributed by atoms with Gasteiger partial charge in [-0.05, 0) is 12.1 Å². The quantitative estimate of drug-likeness (QED) is 0.772. The van der Waals surface area contributed by atoms with Crippen molar-refractivity contribution in [2.24, 2.45) is 0 Å². The van der Waals surface area contributed by atoms with Crippen molar-refractivity contribution in [3.05, 3.63) is 24.3 Å². The molecule has 5 heteroatoms. The normalized spacial score (nSPS) is 18.6. The number of hydrogen-bond donors (Lipinski definition) is 1. The standard InChI is InChI=1S/C11H13NO4/c1-15-11(14)12-8(6-13)7-16-10-5-3-2-4-9(10)12/h2-5,8,13H,6-7H2,1H3. The highest BCUT2D eigenvalue weighted by Gasteiger charge is 2.32. The first-order chi connectivity index (χ1) is 7.77. The lowest BCUT2D eigenvalue weighted by molar-refractivity contribution is 0.150. The Balaban J connectivity index is 2.40. The topological polar surface area (TPSA) is 59.0 Å². The molecule has 1 unspecified atom stereocenters. The molecule has 1 atom stereocenters. The van der Waals surface area contributed by atoms with Gasteiger partial charge in [0.2, 0.25) is 0 Å². The van der Waals surface area contributed by atoms with Crippen molar-refractivity contribution >= 4 is 11.8 Å². The van der Waals surface area contributed by atoms with Gasteiger partial charge in [-0.15, -0.1) is 0 Å². The van der Waals surface area contributed by atoms with E-state index >= 15 is 0 Å². The fraction of sp³-hybridized carbons (Fsp3) is 0.364. The predicted molar refractivity (Wildman–Crippen MR) is 57.7 cm³/mol. The third kappa shape index (κ3) is 1.69. The van der Waals surface area contributed by atoms with Gasteiger partial charge in [0.25, 0.3) is 0 Å². The molecule has 2 rings (SSSR count). The Morgan fingerprint density at radius 3 is 3.06 bits per heavy atom. The fourth-order valence-electron chi connectivity index (χ4n) is 1.72. The number of anilines is 1. The molecule has 1 aromatic carbocycles. The minimum Gasteiger partial charge on any atom is -0.489 e. The summed E-state index contributed by atoms with van der Waals surface area (Å²) in [5.74, 6) is 0.623. The Hall–Kier alpha value is -1.75. The van der Waals surface area contributed by atoms with Crippen molar-refractivity contribution in [3.8, 4) is 5.75 Å². The molecule has 16 heavy (non-hydrogen) atoms. The average Bonchev–Trinajstić information content (AvgIpc) is 2.36. The summed E-state index contributed by atoms with van der Waals surface area (Å²) >= 11 is 0. The number of aliphatic hydroxyl groups is 1. The molecular formula is C11H13NO4. The van der Waals surface area contributed by atoms with Gasteiger partial charge in [-0.3, -0.25) is 4.90 Å². The van der Waals surface area contributed by atoms with Gasteiger partial charge >= 0.3 is 6.09 Å². The molecule has 86 valence electrons. The highest BCUT2D eigenvalue weighted by atomic mass is 16.5. The third-order valence-corrected chi connectivity index (χ3v) is 2.50. The second-order valence-corrected chi connectivity index (χ2v) is 3.46. The molecule has 1 N–H and O–H groups in total. The Labute approximate surface area is 93.2 Å². The van der Waals surface area contributed by atoms with E-state index in [4.69, 9.17) is 9.47 Å². The molecule has 0 bridgehead atoms. The maximum Gasteiger partial charge on any atom is 0.414 e. The number of rotatable bonds is 1. The van der Waals surface area contributed by atoms with Crippen LogP contribution in [0.25, 0.3) is 0 Å². The SMILES string of the molecule is COC(=O)N1c2ccccc2OCC1CO. The predicted octanol–water partition coefficient (Wildman–Crippen LogP) is 1.01. The van der Waals surface area contributed by atoms with Crippen LogP contribution in [0.15, 0.2) is 24.3 Å². The van der Waals surface area contributed by atoms with E-state index in [1.54, 1.807) is 18.2 Å². The number of aliphatic hydroxyl groups excluding tert-OH is 1. The molecule has 1 amide bonds. The van der Waals surface area contributed by atoms with Gasteiger partial charge in [0.15, 0.2) is 0 Å². The maximum atomic E-state index is 11.6. The number of carbonyl (C=O) groups is 1. The molecule has 0 spiro atoms. The zero-order valence-corrected chi connectivity index (χ0v) is 8.92. The van der Waals surface area contributed by atoms with Crippen molar-refractivity contribution in [3.63, 3.8) is 0 Å². The number of para-hydroxylation sites is 2. The maximum absolute atomic E-state index is 11.6. The van der Waals surface area contributed by atoms with Crippen LogP contribution >= 0.6 is 0 Å². The van der Waals surface area contributed by atoms with Crippen molar-refractivity contribution in [1.29, 1.82) is 0 Å². The third-order valence-electron chi connectivity index (χ3n) is 2.50. The highest BCUT2D eigenvalue weighted by Crippen LogP contribution is 2.33. The van der Waals surface area contributed by atoms with Gasteiger partial charge in [-0.25, -0.2) is 4.79 Å². The van der Waals surface area contributed by atoms with Gasteiger partial charge < -0.3 is 14.6 Å². The smallest absolute Gasteiger partial charge is 0.414 e. The molecule has 0 fully saturated rings. The van der Waals surface area contributed by atoms with E-state index in [9.17, 15) is 9.90 Å². The van der Waals surface area contributed by atoms with E-state index in [1.165, 1.54) is 12.0 Å². The van der Waals surface area contributed by atoms with Gasteiger partial charge in [-0.1, -0.05) is 12.1 Å². The van der Waals surface area contributed by atoms with Gasteiger partial charge in [0.05, 0.1) is 25.4 Å². The number of carbonyl (C=O) groups excluding carboxylic acids is 1. The first-order valence-corrected chi connectivity index (χ1v) is 4.97. The lowest BCUT2D eigenvalue weighted by Gasteiger charge is -2.34. The summed E-state index contributed by atoms with van der Waals surface area (Å²) in [5, 5.41) is 9.20. The molecule has 1 aliphatic rings. The van der Waals surface area contributed by atoms with Crippen LogP contribution < -0.4 is 9.64 Å². The van der Waals surface area contributed by atoms with Crippen LogP contribution in [0.3, 0.4) is 0 Å². The summed E-state index contributed by atoms with van der Waals surface area (Å²) in [6.07, 6.45) is -0.491. The minimum absolute atomic E-state index is 0.163. The van der Waals surface area contributed by atoms with Crippen molar-refractivity contribution < 1.29 is 19.4 Å². The second kappa shape index (κ2) is 4.40. The molecule has 0 saturated carbocycles. The molecule has 0 saturated heterocycles. The molecule has 0 radical (unpaired) electrons. The molecule has 0 aliphatic carbocycles. The molecule has 5 nitrogen and oxygen atoms in total. The zero-order chi connectivity index (χ0) is 11.5. The zero-order valence-electron chi connectivity index (χ0n) is 8.92. The Kier molecular flexibility index (Phi) is 2.96. The largest absolute Gasteiger partial charge is 0.489 e. The second-order valence-electron chi connectivity index (χ2n) is 3.46. The lowest BCUT2D eigenvalue weighted by atomic mass is 10.2. The number of methoxy groups -OCH3 is 1. The number of ether oxygens (including phenoxy) is 2. The number of benzene rings is 1. The van der Waals surface area contributed by atoms with Crippen LogP contribution in [0.1, 0.15) is 0 Å². The van der Waals surface area contributed by atoms with Crippen LogP contribution in [0.5, 0.6) is 5.75 Å². The van der Waals surface area contributed by atoms with E-state index < -0.39 is 12.1 Å². The number of amides is 1. The summed E-state index contributed by atoms with van der Waals surface area (Å²) in [6.45, 7) is 0.103. The van der Waals surface area contributed by atoms with Gasteiger partial charge in [-0.2, -0.15) is 0 Å². The van der Waals surface area contributed by atoms with E-state index in [1.807, 2.05) is 6.07 Å². The van der Waals surface area contributed by atoms with E-state index in [0.29, 0.717) is 11.4 Å². The van der Waals surface area contributed by atoms with Crippen molar-refractivity contribution in [2.45, 2.75) is 6.04 Å². The van der Waals surface area contributed by atoms with Crippen LogP contribution in [0, 0.1) is 0 Å². The van der Waals surface area contributed by atoms with Gasteiger partial charge in [0.1, 0.15) is 12.4 Å². The number of fused-ring (bicyclic) bond motifs is 1. The molecular weight excluding hydrogens is 210 g/mol. The average molecular weight is 223 g/mol. The van der Waals surface area contributed by atoms with Crippen LogP contribution in [-0.4, -0.2) is 37.6 Å². The summed E-state index contributed by atoms with van der Waals surface area (Å²) < 4.78 is 10.1. The molecule has 1 aliphatic heterocycles. The van der Waals surface area contributed by atoms with Crippen LogP contribution in [0.2, 0.25) is 0 Å².